The van der Waals surface area contributed by atoms with Crippen molar-refractivity contribution in [3.63, 3.8) is 0 Å². The number of methoxy groups -OCH3 is 1. The van der Waals surface area contributed by atoms with Gasteiger partial charge in [-0.05, 0) is 6.07 Å². The smallest absolute Gasteiger partial charge is 0.287 e. The van der Waals surface area contributed by atoms with Crippen LogP contribution < -0.4 is 5.32 Å². The summed E-state index contributed by atoms with van der Waals surface area (Å²) in [6, 6.07) is 2.83. The van der Waals surface area contributed by atoms with Crippen LogP contribution in [0.5, 0.6) is 0 Å². The zero-order chi connectivity index (χ0) is 12.0. The number of nitrogens with zero attached hydrogens (tertiary/aromatic N) is 2. The van der Waals surface area contributed by atoms with Crippen molar-refractivity contribution < 1.29 is 14.8 Å². The lowest BCUT2D eigenvalue weighted by Crippen LogP contribution is -2.24. The van der Waals surface area contributed by atoms with Crippen LogP contribution in [-0.4, -0.2) is 41.4 Å². The SMILES string of the molecule is COCC(O)CNc1ccc([N+](=O)[O-])cn1. The van der Waals surface area contributed by atoms with Crippen molar-refractivity contribution in [1.82, 2.24) is 4.98 Å². The van der Waals surface area contributed by atoms with Gasteiger partial charge in [-0.1, -0.05) is 0 Å². The van der Waals surface area contributed by atoms with E-state index in [0.717, 1.165) is 6.20 Å². The van der Waals surface area contributed by atoms with E-state index in [1.807, 2.05) is 0 Å². The molecular formula is C9H13N3O4. The molecule has 0 spiro atoms. The Kier molecular flexibility index (Phi) is 4.62. The van der Waals surface area contributed by atoms with E-state index >= 15 is 0 Å². The Bertz CT molecular complexity index is 341. The summed E-state index contributed by atoms with van der Waals surface area (Å²) in [6.45, 7) is 0.499. The van der Waals surface area contributed by atoms with Crippen LogP contribution in [0.4, 0.5) is 11.5 Å². The third kappa shape index (κ3) is 3.79. The molecule has 7 heteroatoms. The fourth-order valence-corrected chi connectivity index (χ4v) is 1.07. The molecule has 0 saturated carbocycles. The van der Waals surface area contributed by atoms with E-state index in [-0.39, 0.29) is 18.8 Å². The van der Waals surface area contributed by atoms with Crippen LogP contribution in [0.25, 0.3) is 0 Å². The molecule has 0 bridgehead atoms. The van der Waals surface area contributed by atoms with Gasteiger partial charge in [0.2, 0.25) is 0 Å². The summed E-state index contributed by atoms with van der Waals surface area (Å²) in [6.07, 6.45) is 0.521. The van der Waals surface area contributed by atoms with Crippen LogP contribution in [-0.2, 0) is 4.74 Å². The van der Waals surface area contributed by atoms with Gasteiger partial charge >= 0.3 is 0 Å². The Morgan fingerprint density at radius 2 is 2.44 bits per heavy atom. The zero-order valence-corrected chi connectivity index (χ0v) is 8.79. The Morgan fingerprint density at radius 3 is 2.94 bits per heavy atom. The first-order chi connectivity index (χ1) is 7.63. The minimum absolute atomic E-state index is 0.0667. The van der Waals surface area contributed by atoms with E-state index in [1.165, 1.54) is 19.2 Å². The van der Waals surface area contributed by atoms with Crippen LogP contribution in [0.1, 0.15) is 0 Å². The summed E-state index contributed by atoms with van der Waals surface area (Å²) >= 11 is 0. The monoisotopic (exact) mass is 227 g/mol. The molecule has 0 radical (unpaired) electrons. The van der Waals surface area contributed by atoms with Gasteiger partial charge in [0.05, 0.1) is 17.6 Å². The van der Waals surface area contributed by atoms with Crippen molar-refractivity contribution in [3.8, 4) is 0 Å². The highest BCUT2D eigenvalue weighted by Gasteiger charge is 2.06. The predicted molar refractivity (Wildman–Crippen MR) is 57.3 cm³/mol. The second-order valence-electron chi connectivity index (χ2n) is 3.15. The normalized spacial score (nSPS) is 12.1. The van der Waals surface area contributed by atoms with Crippen molar-refractivity contribution in [1.29, 1.82) is 0 Å². The molecule has 0 fully saturated rings. The molecule has 1 aromatic heterocycles. The second kappa shape index (κ2) is 5.99. The maximum absolute atomic E-state index is 10.4. The van der Waals surface area contributed by atoms with Gasteiger partial charge in [0.25, 0.3) is 5.69 Å². The number of aliphatic hydroxyl groups is 1. The minimum atomic E-state index is -0.637. The van der Waals surface area contributed by atoms with Crippen LogP contribution in [0.2, 0.25) is 0 Å². The summed E-state index contributed by atoms with van der Waals surface area (Å²) < 4.78 is 4.74. The molecule has 16 heavy (non-hydrogen) atoms. The maximum atomic E-state index is 10.4. The summed E-state index contributed by atoms with van der Waals surface area (Å²) in [4.78, 5) is 13.7. The Hall–Kier alpha value is -1.73. The first kappa shape index (κ1) is 12.3. The lowest BCUT2D eigenvalue weighted by atomic mass is 10.3. The Morgan fingerprint density at radius 1 is 1.69 bits per heavy atom. The summed E-state index contributed by atoms with van der Waals surface area (Å²) in [5.41, 5.74) is -0.0667. The highest BCUT2D eigenvalue weighted by atomic mass is 16.6. The van der Waals surface area contributed by atoms with Crippen LogP contribution in [0, 0.1) is 10.1 Å². The van der Waals surface area contributed by atoms with E-state index in [1.54, 1.807) is 0 Å². The molecule has 7 nitrogen and oxygen atoms in total. The van der Waals surface area contributed by atoms with E-state index < -0.39 is 11.0 Å². The third-order valence-corrected chi connectivity index (χ3v) is 1.84. The largest absolute Gasteiger partial charge is 0.389 e. The van der Waals surface area contributed by atoms with Crippen LogP contribution in [0.3, 0.4) is 0 Å². The number of hydrogen-bond donors (Lipinski definition) is 2. The van der Waals surface area contributed by atoms with Crippen molar-refractivity contribution in [3.05, 3.63) is 28.4 Å². The molecular weight excluding hydrogens is 214 g/mol. The van der Waals surface area contributed by atoms with E-state index in [9.17, 15) is 15.2 Å². The topological polar surface area (TPSA) is 97.5 Å². The van der Waals surface area contributed by atoms with E-state index in [4.69, 9.17) is 4.74 Å². The van der Waals surface area contributed by atoms with Gasteiger partial charge < -0.3 is 15.2 Å². The molecule has 1 heterocycles. The van der Waals surface area contributed by atoms with Gasteiger partial charge in [-0.2, -0.15) is 0 Å². The first-order valence-corrected chi connectivity index (χ1v) is 4.65. The minimum Gasteiger partial charge on any atom is -0.389 e. The average molecular weight is 227 g/mol. The molecule has 0 aliphatic heterocycles. The van der Waals surface area contributed by atoms with Crippen molar-refractivity contribution in [2.75, 3.05) is 25.6 Å². The number of anilines is 1. The first-order valence-electron chi connectivity index (χ1n) is 4.65. The zero-order valence-electron chi connectivity index (χ0n) is 8.79. The summed E-state index contributed by atoms with van der Waals surface area (Å²) in [7, 11) is 1.49. The molecule has 0 saturated heterocycles. The lowest BCUT2D eigenvalue weighted by Gasteiger charge is -2.10. The molecule has 0 aromatic carbocycles. The molecule has 0 amide bonds. The number of nitrogens with one attached hydrogen (secondary N) is 1. The average Bonchev–Trinajstić information content (AvgIpc) is 2.27. The third-order valence-electron chi connectivity index (χ3n) is 1.84. The molecule has 1 atom stereocenters. The number of aliphatic hydroxyl groups excluding tert-OH is 1. The molecule has 1 rings (SSSR count). The van der Waals surface area contributed by atoms with E-state index in [0.29, 0.717) is 5.82 Å². The van der Waals surface area contributed by atoms with E-state index in [2.05, 4.69) is 10.3 Å². The maximum Gasteiger partial charge on any atom is 0.287 e. The highest BCUT2D eigenvalue weighted by molar-refractivity contribution is 5.40. The molecule has 1 unspecified atom stereocenters. The number of hydrogen-bond acceptors (Lipinski definition) is 6. The van der Waals surface area contributed by atoms with Gasteiger partial charge in [-0.25, -0.2) is 4.98 Å². The second-order valence-corrected chi connectivity index (χ2v) is 3.15. The van der Waals surface area contributed by atoms with Crippen LogP contribution in [0.15, 0.2) is 18.3 Å². The Labute approximate surface area is 92.2 Å². The number of ether oxygens (including phenoxy) is 1. The van der Waals surface area contributed by atoms with Gasteiger partial charge in [0, 0.05) is 19.7 Å². The van der Waals surface area contributed by atoms with Gasteiger partial charge in [-0.3, -0.25) is 10.1 Å². The Balaban J connectivity index is 2.46. The highest BCUT2D eigenvalue weighted by Crippen LogP contribution is 2.11. The molecule has 0 aliphatic rings. The number of pyridine rings is 1. The number of nitro groups is 1. The van der Waals surface area contributed by atoms with Gasteiger partial charge in [0.15, 0.2) is 0 Å². The van der Waals surface area contributed by atoms with Gasteiger partial charge in [0.1, 0.15) is 12.0 Å². The van der Waals surface area contributed by atoms with Crippen molar-refractivity contribution >= 4 is 11.5 Å². The number of aromatic nitrogens is 1. The van der Waals surface area contributed by atoms with Crippen LogP contribution >= 0.6 is 0 Å². The molecule has 1 aromatic rings. The van der Waals surface area contributed by atoms with Crippen molar-refractivity contribution in [2.24, 2.45) is 0 Å². The number of rotatable bonds is 6. The van der Waals surface area contributed by atoms with Crippen molar-refractivity contribution in [2.45, 2.75) is 6.10 Å². The fraction of sp³-hybridized carbons (Fsp3) is 0.444. The van der Waals surface area contributed by atoms with Gasteiger partial charge in [-0.15, -0.1) is 0 Å². The molecule has 2 N–H and O–H groups in total. The summed E-state index contributed by atoms with van der Waals surface area (Å²) in [5.74, 6) is 0.473. The molecule has 0 aliphatic carbocycles. The summed E-state index contributed by atoms with van der Waals surface area (Å²) in [5, 5.41) is 22.5. The molecule has 88 valence electrons. The quantitative estimate of drug-likeness (QED) is 0.539. The predicted octanol–water partition coefficient (Wildman–Crippen LogP) is 0.409. The lowest BCUT2D eigenvalue weighted by molar-refractivity contribution is -0.385. The standard InChI is InChI=1S/C9H13N3O4/c1-16-6-8(13)5-11-9-3-2-7(4-10-9)12(14)15/h2-4,8,13H,5-6H2,1H3,(H,10,11). The fourth-order valence-electron chi connectivity index (χ4n) is 1.07.